The van der Waals surface area contributed by atoms with Gasteiger partial charge in [0.05, 0.1) is 6.54 Å². The van der Waals surface area contributed by atoms with Crippen LogP contribution in [0.3, 0.4) is 0 Å². The van der Waals surface area contributed by atoms with Gasteiger partial charge in [-0.1, -0.05) is 45.4 Å². The van der Waals surface area contributed by atoms with Gasteiger partial charge in [0.25, 0.3) is 17.8 Å². The summed E-state index contributed by atoms with van der Waals surface area (Å²) in [4.78, 5) is 35.6. The fourth-order valence-corrected chi connectivity index (χ4v) is 4.85. The molecule has 168 valence electrons. The predicted octanol–water partition coefficient (Wildman–Crippen LogP) is 3.33. The lowest BCUT2D eigenvalue weighted by molar-refractivity contribution is -0.537. The van der Waals surface area contributed by atoms with Gasteiger partial charge in [-0.15, -0.1) is 0 Å². The van der Waals surface area contributed by atoms with Crippen LogP contribution < -0.4 is 0 Å². The fourth-order valence-electron chi connectivity index (χ4n) is 4.85. The van der Waals surface area contributed by atoms with E-state index in [1.807, 2.05) is 0 Å². The first-order valence-corrected chi connectivity index (χ1v) is 12.0. The summed E-state index contributed by atoms with van der Waals surface area (Å²) < 4.78 is 2.18. The van der Waals surface area contributed by atoms with Gasteiger partial charge in [0.1, 0.15) is 6.54 Å². The van der Waals surface area contributed by atoms with Crippen molar-refractivity contribution in [2.75, 3.05) is 33.7 Å². The molecule has 7 nitrogen and oxygen atoms in total. The number of likely N-dealkylation sites (tertiary alicyclic amines) is 1. The molecule has 0 aromatic heterocycles. The molecular weight excluding hydrogens is 378 g/mol. The molecule has 3 heterocycles. The number of rotatable bonds is 10. The number of aliphatic imine (C=N–C) groups is 1. The maximum Gasteiger partial charge on any atom is 0.333 e. The smallest absolute Gasteiger partial charge is 0.289 e. The molecule has 0 bridgehead atoms. The Labute approximate surface area is 181 Å². The van der Waals surface area contributed by atoms with E-state index in [2.05, 4.69) is 23.3 Å². The van der Waals surface area contributed by atoms with Crippen molar-refractivity contribution in [3.63, 3.8) is 0 Å². The lowest BCUT2D eigenvalue weighted by Gasteiger charge is -2.32. The number of hydrogen-bond donors (Lipinski definition) is 0. The summed E-state index contributed by atoms with van der Waals surface area (Å²) in [5.74, 6) is 1.41. The number of carbonyl (C=O) groups is 2. The minimum Gasteiger partial charge on any atom is -0.289 e. The average Bonchev–Trinajstić information content (AvgIpc) is 3.10. The van der Waals surface area contributed by atoms with Gasteiger partial charge >= 0.3 is 11.9 Å². The standard InChI is InChI=1S/C23H40N5O2/c1-5-6-7-8-9-10-12-16-28-19(17-27-15-13-11-14-18(27)2)24-21-20(28)22(29)26(4)23(30)25(21)3/h18,20H,5-17H2,1-4H3/q+1. The van der Waals surface area contributed by atoms with Crippen LogP contribution in [-0.2, 0) is 4.79 Å². The quantitative estimate of drug-likeness (QED) is 0.404. The van der Waals surface area contributed by atoms with E-state index in [9.17, 15) is 9.59 Å². The van der Waals surface area contributed by atoms with Gasteiger partial charge in [0.2, 0.25) is 0 Å². The van der Waals surface area contributed by atoms with Crippen LogP contribution in [0.15, 0.2) is 4.99 Å². The summed E-state index contributed by atoms with van der Waals surface area (Å²) in [6.07, 6.45) is 12.4. The molecular formula is C23H40N5O2+. The molecule has 2 unspecified atom stereocenters. The van der Waals surface area contributed by atoms with Gasteiger partial charge in [0.15, 0.2) is 0 Å². The number of piperidine rings is 1. The molecule has 2 atom stereocenters. The molecule has 3 aliphatic rings. The number of hydrogen-bond acceptors (Lipinski definition) is 4. The second-order valence-corrected chi connectivity index (χ2v) is 9.16. The predicted molar refractivity (Wildman–Crippen MR) is 120 cm³/mol. The summed E-state index contributed by atoms with van der Waals surface area (Å²) in [5, 5.41) is 0. The van der Waals surface area contributed by atoms with Crippen molar-refractivity contribution >= 4 is 23.6 Å². The molecule has 0 aliphatic carbocycles. The summed E-state index contributed by atoms with van der Waals surface area (Å²) in [6, 6.07) is -0.210. The molecule has 0 aromatic rings. The molecule has 0 radical (unpaired) electrons. The third kappa shape index (κ3) is 4.93. The Morgan fingerprint density at radius 1 is 1.00 bits per heavy atom. The first kappa shape index (κ1) is 22.9. The van der Waals surface area contributed by atoms with E-state index in [1.54, 1.807) is 19.0 Å². The molecule has 0 spiro atoms. The zero-order chi connectivity index (χ0) is 21.7. The van der Waals surface area contributed by atoms with Crippen molar-refractivity contribution in [3.8, 4) is 0 Å². The number of carbonyl (C=O) groups excluding carboxylic acids is 2. The molecule has 3 aliphatic heterocycles. The van der Waals surface area contributed by atoms with Gasteiger partial charge < -0.3 is 0 Å². The van der Waals surface area contributed by atoms with Crippen LogP contribution in [0.4, 0.5) is 4.79 Å². The molecule has 30 heavy (non-hydrogen) atoms. The third-order valence-corrected chi connectivity index (χ3v) is 6.90. The molecule has 0 N–H and O–H groups in total. The Hall–Kier alpha value is -1.76. The molecule has 0 aromatic carbocycles. The molecule has 2 fully saturated rings. The number of imide groups is 1. The Bertz CT molecular complexity index is 702. The lowest BCUT2D eigenvalue weighted by atomic mass is 10.0. The molecule has 3 rings (SSSR count). The maximum absolute atomic E-state index is 13.0. The second kappa shape index (κ2) is 10.5. The Morgan fingerprint density at radius 2 is 1.70 bits per heavy atom. The van der Waals surface area contributed by atoms with Crippen LogP contribution in [-0.4, -0.2) is 88.7 Å². The minimum absolute atomic E-state index is 0.151. The van der Waals surface area contributed by atoms with Crippen LogP contribution >= 0.6 is 0 Å². The number of likely N-dealkylation sites (N-methyl/N-ethyl adjacent to an activating group) is 2. The van der Waals surface area contributed by atoms with E-state index in [1.165, 1.54) is 62.7 Å². The van der Waals surface area contributed by atoms with Gasteiger partial charge in [-0.05, 0) is 44.1 Å². The topological polar surface area (TPSA) is 59.2 Å². The first-order chi connectivity index (χ1) is 14.5. The molecule has 0 saturated carbocycles. The van der Waals surface area contributed by atoms with Crippen LogP contribution in [0.2, 0.25) is 0 Å². The second-order valence-electron chi connectivity index (χ2n) is 9.16. The van der Waals surface area contributed by atoms with Crippen molar-refractivity contribution in [3.05, 3.63) is 0 Å². The number of fused-ring (bicyclic) bond motifs is 1. The van der Waals surface area contributed by atoms with Crippen molar-refractivity contribution in [2.45, 2.75) is 90.1 Å². The highest BCUT2D eigenvalue weighted by Gasteiger charge is 2.53. The van der Waals surface area contributed by atoms with E-state index in [0.29, 0.717) is 11.9 Å². The van der Waals surface area contributed by atoms with E-state index in [-0.39, 0.29) is 11.9 Å². The van der Waals surface area contributed by atoms with Crippen molar-refractivity contribution < 1.29 is 14.2 Å². The summed E-state index contributed by atoms with van der Waals surface area (Å²) in [5.41, 5.74) is 0. The van der Waals surface area contributed by atoms with Crippen molar-refractivity contribution in [1.29, 1.82) is 0 Å². The number of unbranched alkanes of at least 4 members (excludes halogenated alkanes) is 6. The van der Waals surface area contributed by atoms with E-state index in [4.69, 9.17) is 4.99 Å². The summed E-state index contributed by atoms with van der Waals surface area (Å²) in [7, 11) is 3.31. The summed E-state index contributed by atoms with van der Waals surface area (Å²) >= 11 is 0. The van der Waals surface area contributed by atoms with E-state index >= 15 is 0 Å². The van der Waals surface area contributed by atoms with Gasteiger partial charge in [-0.2, -0.15) is 0 Å². The largest absolute Gasteiger partial charge is 0.333 e. The normalized spacial score (nSPS) is 25.3. The lowest BCUT2D eigenvalue weighted by Crippen LogP contribution is -2.61. The minimum atomic E-state index is -0.451. The molecule has 2 saturated heterocycles. The number of amidine groups is 2. The monoisotopic (exact) mass is 418 g/mol. The number of amides is 3. The average molecular weight is 419 g/mol. The van der Waals surface area contributed by atoms with E-state index in [0.717, 1.165) is 31.9 Å². The maximum atomic E-state index is 13.0. The first-order valence-electron chi connectivity index (χ1n) is 12.0. The molecule has 3 amide bonds. The van der Waals surface area contributed by atoms with Crippen LogP contribution in [0.5, 0.6) is 0 Å². The van der Waals surface area contributed by atoms with Crippen molar-refractivity contribution in [1.82, 2.24) is 14.7 Å². The number of nitrogens with zero attached hydrogens (tertiary/aromatic N) is 5. The SMILES string of the molecule is CCCCCCCCC[N+]1=C(CN2CCCCC2C)N=C2C1C(=O)N(C)C(=O)N2C. The summed E-state index contributed by atoms with van der Waals surface area (Å²) in [6.45, 7) is 7.19. The zero-order valence-corrected chi connectivity index (χ0v) is 19.4. The van der Waals surface area contributed by atoms with Crippen LogP contribution in [0.25, 0.3) is 0 Å². The van der Waals surface area contributed by atoms with Crippen LogP contribution in [0.1, 0.15) is 78.1 Å². The van der Waals surface area contributed by atoms with Gasteiger partial charge in [-0.3, -0.25) is 19.5 Å². The zero-order valence-electron chi connectivity index (χ0n) is 19.4. The van der Waals surface area contributed by atoms with Gasteiger partial charge in [-0.25, -0.2) is 9.37 Å². The van der Waals surface area contributed by atoms with Gasteiger partial charge in [0, 0.05) is 20.1 Å². The van der Waals surface area contributed by atoms with Crippen molar-refractivity contribution in [2.24, 2.45) is 4.99 Å². The fraction of sp³-hybridized carbons (Fsp3) is 0.826. The van der Waals surface area contributed by atoms with Crippen LogP contribution in [0, 0.1) is 0 Å². The Kier molecular flexibility index (Phi) is 8.03. The van der Waals surface area contributed by atoms with E-state index < -0.39 is 6.04 Å². The highest BCUT2D eigenvalue weighted by molar-refractivity contribution is 6.23. The molecule has 7 heteroatoms. The highest BCUT2D eigenvalue weighted by atomic mass is 16.2. The number of urea groups is 1. The highest BCUT2D eigenvalue weighted by Crippen LogP contribution is 2.22. The Balaban J connectivity index is 1.72. The third-order valence-electron chi connectivity index (χ3n) is 6.90. The Morgan fingerprint density at radius 3 is 2.40 bits per heavy atom.